The Bertz CT molecular complexity index is 3930. The number of nitrogens with zero attached hydrogens (tertiary/aromatic N) is 4. The lowest BCUT2D eigenvalue weighted by Gasteiger charge is -2.22. The fourth-order valence-corrected chi connectivity index (χ4v) is 10.7. The fourth-order valence-electron chi connectivity index (χ4n) is 10.7. The predicted octanol–water partition coefficient (Wildman–Crippen LogP) is 16.9. The number of aryl methyl sites for hydroxylation is 2. The molecule has 1 aliphatic carbocycles. The minimum atomic E-state index is 0.901. The van der Waals surface area contributed by atoms with Gasteiger partial charge in [0.05, 0.1) is 44.8 Å². The van der Waals surface area contributed by atoms with Crippen molar-refractivity contribution in [3.63, 3.8) is 0 Å². The predicted molar refractivity (Wildman–Crippen MR) is 287 cm³/mol. The van der Waals surface area contributed by atoms with Crippen LogP contribution in [0.25, 0.3) is 111 Å². The largest absolute Gasteiger partial charge is 0.313 e. The van der Waals surface area contributed by atoms with Crippen LogP contribution < -0.4 is 0 Å². The number of hydrogen-bond acceptors (Lipinski definition) is 0. The molecule has 12 aromatic rings. The molecule has 324 valence electrons. The van der Waals surface area contributed by atoms with Crippen molar-refractivity contribution in [2.24, 2.45) is 0 Å². The molecule has 13 rings (SSSR count). The van der Waals surface area contributed by atoms with Crippen molar-refractivity contribution in [1.29, 1.82) is 0 Å². The Hall–Kier alpha value is -8.60. The summed E-state index contributed by atoms with van der Waals surface area (Å²) in [6, 6.07) is 80.3. The molecule has 0 fully saturated rings. The monoisotopic (exact) mass is 872 g/mol. The zero-order valence-electron chi connectivity index (χ0n) is 38.1. The van der Waals surface area contributed by atoms with Gasteiger partial charge in [0.1, 0.15) is 0 Å². The molecular weight excluding hydrogens is 825 g/mol. The minimum absolute atomic E-state index is 0.901. The number of benzene rings is 8. The molecule has 0 N–H and O–H groups in total. The Balaban J connectivity index is 0.977. The first-order chi connectivity index (χ1) is 33.5. The first-order valence-electron chi connectivity index (χ1n) is 23.7. The van der Waals surface area contributed by atoms with E-state index in [0.29, 0.717) is 0 Å². The van der Waals surface area contributed by atoms with Crippen LogP contribution in [0, 0.1) is 13.8 Å². The average molecular weight is 873 g/mol. The summed E-state index contributed by atoms with van der Waals surface area (Å²) in [5.41, 5.74) is 21.7. The average Bonchev–Trinajstić information content (AvgIpc) is 4.17. The van der Waals surface area contributed by atoms with Gasteiger partial charge in [-0.15, -0.1) is 0 Å². The molecule has 4 heterocycles. The lowest BCUT2D eigenvalue weighted by atomic mass is 10.0. The van der Waals surface area contributed by atoms with Gasteiger partial charge in [0.15, 0.2) is 0 Å². The normalized spacial score (nSPS) is 12.9. The van der Waals surface area contributed by atoms with Crippen LogP contribution in [0.5, 0.6) is 0 Å². The van der Waals surface area contributed by atoms with E-state index in [1.807, 2.05) is 0 Å². The summed E-state index contributed by atoms with van der Waals surface area (Å²) in [5, 5.41) is 4.89. The van der Waals surface area contributed by atoms with E-state index >= 15 is 0 Å². The highest BCUT2D eigenvalue weighted by molar-refractivity contribution is 6.03. The van der Waals surface area contributed by atoms with Crippen LogP contribution in [0.1, 0.15) is 24.0 Å². The molecule has 8 aromatic carbocycles. The molecule has 0 aliphatic heterocycles. The summed E-state index contributed by atoms with van der Waals surface area (Å²) in [6.07, 6.45) is 6.54. The number of fused-ring (bicyclic) bond motifs is 4. The number of rotatable bonds is 8. The van der Waals surface area contributed by atoms with Crippen molar-refractivity contribution in [2.75, 3.05) is 0 Å². The van der Waals surface area contributed by atoms with E-state index in [2.05, 4.69) is 263 Å². The lowest BCUT2D eigenvalue weighted by Crippen LogP contribution is -2.07. The Labute approximate surface area is 396 Å². The van der Waals surface area contributed by atoms with Crippen LogP contribution in [0.4, 0.5) is 0 Å². The number of hydrogen-bond donors (Lipinski definition) is 0. The van der Waals surface area contributed by atoms with Gasteiger partial charge in [0, 0.05) is 44.3 Å². The Morgan fingerprint density at radius 1 is 0.279 bits per heavy atom. The third kappa shape index (κ3) is 6.67. The first kappa shape index (κ1) is 39.7. The molecule has 0 amide bonds. The second-order valence-electron chi connectivity index (χ2n) is 18.3. The number of para-hydroxylation sites is 2. The standard InChI is InChI=1S/C64H48N4/c1-43-21-25-47(26-22-43)61-39-51-41-64-52(42-63(51)67(61)55-33-29-53(30-34-55)65-57-19-11-9-17-49(57)37-59(65)45-13-5-3-6-14-45)40-62(48-27-23-44(2)24-28-48)68(64)56-35-31-54(32-36-56)66-58-20-12-10-18-50(58)38-60(66)46-15-7-4-8-16-46/h3-31,33-35,37-42H,32,36H2,1-2H3. The highest BCUT2D eigenvalue weighted by Crippen LogP contribution is 2.42. The maximum absolute atomic E-state index is 2.53. The highest BCUT2D eigenvalue weighted by Gasteiger charge is 2.23. The molecule has 0 unspecified atom stereocenters. The van der Waals surface area contributed by atoms with Crippen LogP contribution in [0.3, 0.4) is 0 Å². The van der Waals surface area contributed by atoms with Gasteiger partial charge < -0.3 is 18.3 Å². The van der Waals surface area contributed by atoms with Crippen molar-refractivity contribution < 1.29 is 0 Å². The molecule has 0 atom stereocenters. The second-order valence-corrected chi connectivity index (χ2v) is 18.3. The lowest BCUT2D eigenvalue weighted by molar-refractivity contribution is 0.930. The highest BCUT2D eigenvalue weighted by atomic mass is 15.0. The molecule has 4 heteroatoms. The van der Waals surface area contributed by atoms with Crippen LogP contribution in [-0.2, 0) is 0 Å². The molecule has 0 spiro atoms. The second kappa shape index (κ2) is 16.1. The molecule has 4 aromatic heterocycles. The van der Waals surface area contributed by atoms with Crippen molar-refractivity contribution in [3.8, 4) is 56.4 Å². The quantitative estimate of drug-likeness (QED) is 0.145. The third-order valence-electron chi connectivity index (χ3n) is 14.0. The van der Waals surface area contributed by atoms with E-state index in [0.717, 1.165) is 24.2 Å². The van der Waals surface area contributed by atoms with Crippen LogP contribution in [0.15, 0.2) is 231 Å². The van der Waals surface area contributed by atoms with Gasteiger partial charge in [-0.3, -0.25) is 0 Å². The number of aromatic nitrogens is 4. The molecule has 1 aliphatic rings. The molecular formula is C64H48N4. The third-order valence-corrected chi connectivity index (χ3v) is 14.0. The zero-order valence-corrected chi connectivity index (χ0v) is 38.1. The molecule has 4 nitrogen and oxygen atoms in total. The molecule has 0 radical (unpaired) electrons. The SMILES string of the molecule is Cc1ccc(-c2cc3cc4c(cc(-c5ccc(C)cc5)n4-c4ccc(-n5c(-c6ccccc6)cc6ccccc65)cc4)cc3n2C2=CC=C(n3c(-c4ccccc4)cc4ccccc43)CC2)cc1. The summed E-state index contributed by atoms with van der Waals surface area (Å²) in [7, 11) is 0. The van der Waals surface area contributed by atoms with Crippen LogP contribution in [0.2, 0.25) is 0 Å². The van der Waals surface area contributed by atoms with Gasteiger partial charge in [-0.2, -0.15) is 0 Å². The molecule has 0 saturated carbocycles. The van der Waals surface area contributed by atoms with Crippen molar-refractivity contribution in [2.45, 2.75) is 26.7 Å². The van der Waals surface area contributed by atoms with Crippen molar-refractivity contribution >= 4 is 55.0 Å². The van der Waals surface area contributed by atoms with Gasteiger partial charge >= 0.3 is 0 Å². The maximum Gasteiger partial charge on any atom is 0.0542 e. The van der Waals surface area contributed by atoms with Crippen molar-refractivity contribution in [3.05, 3.63) is 242 Å². The smallest absolute Gasteiger partial charge is 0.0542 e. The topological polar surface area (TPSA) is 19.7 Å². The van der Waals surface area contributed by atoms with Gasteiger partial charge in [0.25, 0.3) is 0 Å². The summed E-state index contributed by atoms with van der Waals surface area (Å²) in [6.45, 7) is 4.32. The zero-order chi connectivity index (χ0) is 45.3. The van der Waals surface area contributed by atoms with Crippen molar-refractivity contribution in [1.82, 2.24) is 18.3 Å². The van der Waals surface area contributed by atoms with Crippen LogP contribution in [-0.4, -0.2) is 18.3 Å². The van der Waals surface area contributed by atoms with Gasteiger partial charge in [0.2, 0.25) is 0 Å². The Morgan fingerprint density at radius 3 is 1.07 bits per heavy atom. The minimum Gasteiger partial charge on any atom is -0.313 e. The number of allylic oxidation sites excluding steroid dienone is 4. The molecule has 0 saturated heterocycles. The van der Waals surface area contributed by atoms with E-state index < -0.39 is 0 Å². The maximum atomic E-state index is 2.53. The van der Waals surface area contributed by atoms with E-state index in [-0.39, 0.29) is 0 Å². The first-order valence-corrected chi connectivity index (χ1v) is 23.7. The van der Waals surface area contributed by atoms with E-state index in [1.54, 1.807) is 0 Å². The van der Waals surface area contributed by atoms with Gasteiger partial charge in [-0.25, -0.2) is 0 Å². The van der Waals surface area contributed by atoms with Crippen LogP contribution >= 0.6 is 0 Å². The van der Waals surface area contributed by atoms with E-state index in [1.165, 1.54) is 111 Å². The van der Waals surface area contributed by atoms with Gasteiger partial charge in [-0.05, 0) is 134 Å². The van der Waals surface area contributed by atoms with Gasteiger partial charge in [-0.1, -0.05) is 157 Å². The van der Waals surface area contributed by atoms with E-state index in [4.69, 9.17) is 0 Å². The Morgan fingerprint density at radius 2 is 0.618 bits per heavy atom. The summed E-state index contributed by atoms with van der Waals surface area (Å²) < 4.78 is 9.85. The summed E-state index contributed by atoms with van der Waals surface area (Å²) in [5.74, 6) is 0. The van der Waals surface area contributed by atoms with E-state index in [9.17, 15) is 0 Å². The molecule has 68 heavy (non-hydrogen) atoms. The summed E-state index contributed by atoms with van der Waals surface area (Å²) in [4.78, 5) is 0. The summed E-state index contributed by atoms with van der Waals surface area (Å²) >= 11 is 0. The fraction of sp³-hybridized carbons (Fsp3) is 0.0625. The molecule has 0 bridgehead atoms. The Kier molecular flexibility index (Phi) is 9.40.